The van der Waals surface area contributed by atoms with E-state index >= 15 is 0 Å². The molecule has 0 aliphatic carbocycles. The van der Waals surface area contributed by atoms with Gasteiger partial charge in [0.15, 0.2) is 5.82 Å². The summed E-state index contributed by atoms with van der Waals surface area (Å²) in [6.45, 7) is 6.59. The molecule has 0 aromatic carbocycles. The summed E-state index contributed by atoms with van der Waals surface area (Å²) in [5.41, 5.74) is 0. The zero-order valence-electron chi connectivity index (χ0n) is 9.58. The molecule has 0 atom stereocenters. The Labute approximate surface area is 90.9 Å². The summed E-state index contributed by atoms with van der Waals surface area (Å²) in [7, 11) is 0. The van der Waals surface area contributed by atoms with Crippen molar-refractivity contribution in [2.45, 2.75) is 39.0 Å². The van der Waals surface area contributed by atoms with Crippen LogP contribution in [0.2, 0.25) is 0 Å². The van der Waals surface area contributed by atoms with Crippen molar-refractivity contribution in [2.75, 3.05) is 13.1 Å². The second-order valence-electron chi connectivity index (χ2n) is 4.76. The molecule has 0 amide bonds. The molecule has 2 N–H and O–H groups in total. The number of piperidine rings is 1. The van der Waals surface area contributed by atoms with Crippen LogP contribution in [-0.4, -0.2) is 28.3 Å². The fourth-order valence-electron chi connectivity index (χ4n) is 2.05. The average Bonchev–Trinajstić information content (AvgIpc) is 2.67. The molecule has 1 fully saturated rings. The van der Waals surface area contributed by atoms with Gasteiger partial charge in [0.25, 0.3) is 0 Å². The maximum absolute atomic E-state index is 4.58. The molecule has 0 radical (unpaired) electrons. The second kappa shape index (κ2) is 4.75. The highest BCUT2D eigenvalue weighted by atomic mass is 15.2. The van der Waals surface area contributed by atoms with Gasteiger partial charge in [0, 0.05) is 12.3 Å². The molecule has 2 rings (SSSR count). The van der Waals surface area contributed by atoms with Gasteiger partial charge in [0.05, 0.1) is 0 Å². The summed E-state index contributed by atoms with van der Waals surface area (Å²) in [6, 6.07) is 0. The molecule has 15 heavy (non-hydrogen) atoms. The molecule has 1 aliphatic rings. The summed E-state index contributed by atoms with van der Waals surface area (Å²) in [4.78, 5) is 4.58. The van der Waals surface area contributed by atoms with Gasteiger partial charge in [-0.2, -0.15) is 5.10 Å². The highest BCUT2D eigenvalue weighted by Gasteiger charge is 2.19. The number of H-pyrrole nitrogens is 1. The average molecular weight is 208 g/mol. The van der Waals surface area contributed by atoms with Crippen molar-refractivity contribution < 1.29 is 0 Å². The second-order valence-corrected chi connectivity index (χ2v) is 4.76. The van der Waals surface area contributed by atoms with Gasteiger partial charge in [-0.1, -0.05) is 13.8 Å². The Kier molecular flexibility index (Phi) is 3.36. The van der Waals surface area contributed by atoms with Crippen LogP contribution >= 0.6 is 0 Å². The lowest BCUT2D eigenvalue weighted by atomic mass is 9.98. The topological polar surface area (TPSA) is 53.6 Å². The van der Waals surface area contributed by atoms with Gasteiger partial charge in [-0.05, 0) is 31.8 Å². The van der Waals surface area contributed by atoms with Gasteiger partial charge >= 0.3 is 0 Å². The lowest BCUT2D eigenvalue weighted by Gasteiger charge is -2.19. The highest BCUT2D eigenvalue weighted by molar-refractivity contribution is 5.00. The zero-order valence-corrected chi connectivity index (χ0v) is 9.58. The van der Waals surface area contributed by atoms with Crippen LogP contribution in [0.5, 0.6) is 0 Å². The summed E-state index contributed by atoms with van der Waals surface area (Å²) < 4.78 is 0. The van der Waals surface area contributed by atoms with Crippen LogP contribution < -0.4 is 5.32 Å². The summed E-state index contributed by atoms with van der Waals surface area (Å²) in [5.74, 6) is 3.26. The molecule has 2 heterocycles. The van der Waals surface area contributed by atoms with E-state index in [9.17, 15) is 0 Å². The highest BCUT2D eigenvalue weighted by Crippen LogP contribution is 2.21. The third kappa shape index (κ3) is 2.78. The van der Waals surface area contributed by atoms with Crippen LogP contribution in [0.1, 0.15) is 44.3 Å². The van der Waals surface area contributed by atoms with Gasteiger partial charge in [-0.25, -0.2) is 4.98 Å². The van der Waals surface area contributed by atoms with Gasteiger partial charge in [0.1, 0.15) is 5.82 Å². The lowest BCUT2D eigenvalue weighted by Crippen LogP contribution is -2.27. The van der Waals surface area contributed by atoms with Crippen LogP contribution in [-0.2, 0) is 6.42 Å². The molecular weight excluding hydrogens is 188 g/mol. The Hall–Kier alpha value is -0.900. The lowest BCUT2D eigenvalue weighted by molar-refractivity contribution is 0.445. The van der Waals surface area contributed by atoms with Crippen molar-refractivity contribution in [1.82, 2.24) is 20.5 Å². The van der Waals surface area contributed by atoms with E-state index in [1.165, 1.54) is 12.8 Å². The number of hydrogen-bond acceptors (Lipinski definition) is 3. The smallest absolute Gasteiger partial charge is 0.153 e. The molecule has 1 aliphatic heterocycles. The number of hydrogen-bond donors (Lipinski definition) is 2. The molecule has 1 aromatic rings. The van der Waals surface area contributed by atoms with Crippen LogP contribution in [0, 0.1) is 5.92 Å². The monoisotopic (exact) mass is 208 g/mol. The first-order valence-corrected chi connectivity index (χ1v) is 5.87. The van der Waals surface area contributed by atoms with Crippen molar-refractivity contribution in [3.63, 3.8) is 0 Å². The van der Waals surface area contributed by atoms with Crippen LogP contribution in [0.15, 0.2) is 0 Å². The minimum atomic E-state index is 0.559. The standard InChI is InChI=1S/C11H20N4/c1-8(2)7-10-13-11(15-14-10)9-3-5-12-6-4-9/h8-9,12H,3-7H2,1-2H3,(H,13,14,15). The van der Waals surface area contributed by atoms with Gasteiger partial charge in [0.2, 0.25) is 0 Å². The van der Waals surface area contributed by atoms with Gasteiger partial charge < -0.3 is 5.32 Å². The molecule has 1 aromatic heterocycles. The van der Waals surface area contributed by atoms with E-state index in [-0.39, 0.29) is 0 Å². The van der Waals surface area contributed by atoms with Crippen LogP contribution in [0.3, 0.4) is 0 Å². The molecule has 4 heteroatoms. The van der Waals surface area contributed by atoms with Crippen molar-refractivity contribution in [2.24, 2.45) is 5.92 Å². The maximum Gasteiger partial charge on any atom is 0.153 e. The Bertz CT molecular complexity index is 299. The fourth-order valence-corrected chi connectivity index (χ4v) is 2.05. The molecule has 0 unspecified atom stereocenters. The Morgan fingerprint density at radius 2 is 2.07 bits per heavy atom. The van der Waals surface area contributed by atoms with E-state index in [1.54, 1.807) is 0 Å². The molecule has 84 valence electrons. The van der Waals surface area contributed by atoms with Gasteiger partial charge in [-0.15, -0.1) is 0 Å². The van der Waals surface area contributed by atoms with Crippen molar-refractivity contribution in [1.29, 1.82) is 0 Å². The van der Waals surface area contributed by atoms with E-state index in [0.717, 1.165) is 31.2 Å². The predicted octanol–water partition coefficient (Wildman–Crippen LogP) is 1.47. The summed E-state index contributed by atoms with van der Waals surface area (Å²) in [6.07, 6.45) is 3.33. The number of nitrogens with one attached hydrogen (secondary N) is 2. The van der Waals surface area contributed by atoms with E-state index in [4.69, 9.17) is 0 Å². The molecule has 1 saturated heterocycles. The van der Waals surface area contributed by atoms with Crippen LogP contribution in [0.25, 0.3) is 0 Å². The Morgan fingerprint density at radius 1 is 1.33 bits per heavy atom. The third-order valence-corrected chi connectivity index (χ3v) is 2.85. The molecule has 0 bridgehead atoms. The third-order valence-electron chi connectivity index (χ3n) is 2.85. The quantitative estimate of drug-likeness (QED) is 0.791. The van der Waals surface area contributed by atoms with E-state index in [1.807, 2.05) is 0 Å². The summed E-state index contributed by atoms with van der Waals surface area (Å²) >= 11 is 0. The van der Waals surface area contributed by atoms with Crippen LogP contribution in [0.4, 0.5) is 0 Å². The van der Waals surface area contributed by atoms with E-state index < -0.39 is 0 Å². The van der Waals surface area contributed by atoms with E-state index in [2.05, 4.69) is 34.3 Å². The molecular formula is C11H20N4. The molecule has 0 saturated carbocycles. The summed E-state index contributed by atoms with van der Waals surface area (Å²) in [5, 5.41) is 10.7. The van der Waals surface area contributed by atoms with Crippen molar-refractivity contribution in [3.05, 3.63) is 11.6 Å². The minimum Gasteiger partial charge on any atom is -0.317 e. The fraction of sp³-hybridized carbons (Fsp3) is 0.818. The number of aromatic nitrogens is 3. The first-order valence-electron chi connectivity index (χ1n) is 5.87. The zero-order chi connectivity index (χ0) is 10.7. The number of rotatable bonds is 3. The van der Waals surface area contributed by atoms with Crippen molar-refractivity contribution in [3.8, 4) is 0 Å². The Morgan fingerprint density at radius 3 is 2.73 bits per heavy atom. The normalized spacial score (nSPS) is 18.6. The molecule has 0 spiro atoms. The Balaban J connectivity index is 1.99. The SMILES string of the molecule is CC(C)Cc1nc(C2CCNCC2)n[nH]1. The number of nitrogens with zero attached hydrogens (tertiary/aromatic N) is 2. The van der Waals surface area contributed by atoms with Gasteiger partial charge in [-0.3, -0.25) is 5.10 Å². The maximum atomic E-state index is 4.58. The first-order chi connectivity index (χ1) is 7.25. The van der Waals surface area contributed by atoms with Crippen molar-refractivity contribution >= 4 is 0 Å². The first kappa shape index (κ1) is 10.6. The van der Waals surface area contributed by atoms with E-state index in [0.29, 0.717) is 11.8 Å². The largest absolute Gasteiger partial charge is 0.317 e. The molecule has 4 nitrogen and oxygen atoms in total. The number of aromatic amines is 1. The minimum absolute atomic E-state index is 0.559. The predicted molar refractivity (Wildman–Crippen MR) is 59.8 cm³/mol.